The summed E-state index contributed by atoms with van der Waals surface area (Å²) in [5.74, 6) is 0.559. The van der Waals surface area contributed by atoms with Gasteiger partial charge in [-0.3, -0.25) is 14.6 Å². The zero-order valence-corrected chi connectivity index (χ0v) is 16.4. The number of hydrogen-bond acceptors (Lipinski definition) is 5. The topological polar surface area (TPSA) is 80.3 Å². The van der Waals surface area contributed by atoms with Gasteiger partial charge in [0.1, 0.15) is 5.75 Å². The van der Waals surface area contributed by atoms with E-state index in [9.17, 15) is 9.59 Å². The van der Waals surface area contributed by atoms with Crippen LogP contribution in [-0.4, -0.2) is 30.3 Å². The Morgan fingerprint density at radius 3 is 2.48 bits per heavy atom. The van der Waals surface area contributed by atoms with E-state index in [0.717, 1.165) is 23.4 Å². The highest BCUT2D eigenvalue weighted by molar-refractivity contribution is 6.04. The van der Waals surface area contributed by atoms with Crippen molar-refractivity contribution in [2.24, 2.45) is 0 Å². The maximum atomic E-state index is 12.5. The van der Waals surface area contributed by atoms with Crippen LogP contribution < -0.4 is 15.4 Å². The van der Waals surface area contributed by atoms with Crippen LogP contribution in [-0.2, 0) is 6.42 Å². The number of methoxy groups -OCH3 is 1. The Bertz CT molecular complexity index is 1000. The quantitative estimate of drug-likeness (QED) is 0.565. The van der Waals surface area contributed by atoms with E-state index < -0.39 is 0 Å². The second-order valence-corrected chi connectivity index (χ2v) is 6.58. The first kappa shape index (κ1) is 20.1. The number of carbonyl (C=O) groups is 2. The predicted octanol–water partition coefficient (Wildman–Crippen LogP) is 4.20. The van der Waals surface area contributed by atoms with E-state index in [0.29, 0.717) is 23.4 Å². The Balaban J connectivity index is 1.58. The van der Waals surface area contributed by atoms with E-state index in [4.69, 9.17) is 4.74 Å². The third-order valence-corrected chi connectivity index (χ3v) is 4.43. The summed E-state index contributed by atoms with van der Waals surface area (Å²) in [5, 5.41) is 6.10. The largest absolute Gasteiger partial charge is 0.497 e. The molecule has 3 aromatic rings. The van der Waals surface area contributed by atoms with Gasteiger partial charge < -0.3 is 15.4 Å². The molecule has 6 heteroatoms. The first-order valence-corrected chi connectivity index (χ1v) is 9.29. The Kier molecular flexibility index (Phi) is 6.58. The van der Waals surface area contributed by atoms with Gasteiger partial charge in [-0.25, -0.2) is 0 Å². The van der Waals surface area contributed by atoms with Crippen molar-refractivity contribution in [1.82, 2.24) is 4.98 Å². The van der Waals surface area contributed by atoms with Gasteiger partial charge in [0.2, 0.25) is 0 Å². The van der Waals surface area contributed by atoms with Crippen molar-refractivity contribution in [3.8, 4) is 5.75 Å². The van der Waals surface area contributed by atoms with E-state index in [1.54, 1.807) is 43.6 Å². The number of benzene rings is 2. The fourth-order valence-corrected chi connectivity index (χ4v) is 2.83. The van der Waals surface area contributed by atoms with Crippen molar-refractivity contribution in [3.05, 3.63) is 83.7 Å². The average molecular weight is 389 g/mol. The fraction of sp³-hybridized carbons (Fsp3) is 0.174. The minimum absolute atomic E-state index is 0.0141. The number of Topliss-reactive ketones (excluding diaryl/α,β-unsaturated/α-hetero) is 1. The summed E-state index contributed by atoms with van der Waals surface area (Å²) < 4.78 is 5.24. The molecule has 2 aromatic carbocycles. The van der Waals surface area contributed by atoms with E-state index in [1.807, 2.05) is 24.3 Å². The van der Waals surface area contributed by atoms with Crippen molar-refractivity contribution in [2.45, 2.75) is 13.3 Å². The highest BCUT2D eigenvalue weighted by Crippen LogP contribution is 2.15. The second kappa shape index (κ2) is 9.50. The number of ketones is 1. The van der Waals surface area contributed by atoms with Crippen molar-refractivity contribution in [3.63, 3.8) is 0 Å². The van der Waals surface area contributed by atoms with Crippen molar-refractivity contribution < 1.29 is 14.3 Å². The summed E-state index contributed by atoms with van der Waals surface area (Å²) in [5.41, 5.74) is 3.61. The average Bonchev–Trinajstić information content (AvgIpc) is 2.74. The van der Waals surface area contributed by atoms with E-state index in [-0.39, 0.29) is 11.7 Å². The highest BCUT2D eigenvalue weighted by atomic mass is 16.5. The molecule has 2 N–H and O–H groups in total. The molecule has 0 spiro atoms. The fourth-order valence-electron chi connectivity index (χ4n) is 2.83. The number of carbonyl (C=O) groups excluding carboxylic acids is 2. The molecule has 0 fully saturated rings. The number of nitrogens with zero attached hydrogens (tertiary/aromatic N) is 1. The lowest BCUT2D eigenvalue weighted by molar-refractivity contribution is 0.101. The van der Waals surface area contributed by atoms with Crippen LogP contribution in [0.4, 0.5) is 11.4 Å². The number of nitrogens with one attached hydrogen (secondary N) is 2. The smallest absolute Gasteiger partial charge is 0.257 e. The molecule has 0 aliphatic rings. The molecular formula is C23H23N3O3. The van der Waals surface area contributed by atoms with Crippen LogP contribution in [0.15, 0.2) is 67.0 Å². The lowest BCUT2D eigenvalue weighted by atomic mass is 10.1. The number of hydrogen-bond donors (Lipinski definition) is 2. The lowest BCUT2D eigenvalue weighted by Gasteiger charge is -2.09. The van der Waals surface area contributed by atoms with Crippen molar-refractivity contribution >= 4 is 23.1 Å². The number of amides is 1. The molecular weight excluding hydrogens is 366 g/mol. The molecule has 29 heavy (non-hydrogen) atoms. The van der Waals surface area contributed by atoms with Gasteiger partial charge in [0.05, 0.1) is 18.4 Å². The van der Waals surface area contributed by atoms with Gasteiger partial charge in [0, 0.05) is 30.2 Å². The van der Waals surface area contributed by atoms with Crippen molar-refractivity contribution in [1.29, 1.82) is 0 Å². The maximum absolute atomic E-state index is 12.5. The minimum Gasteiger partial charge on any atom is -0.497 e. The molecule has 6 nitrogen and oxygen atoms in total. The van der Waals surface area contributed by atoms with Gasteiger partial charge in [-0.1, -0.05) is 12.1 Å². The van der Waals surface area contributed by atoms with E-state index in [2.05, 4.69) is 15.6 Å². The normalized spacial score (nSPS) is 10.3. The molecule has 0 bridgehead atoms. The van der Waals surface area contributed by atoms with Gasteiger partial charge in [0.15, 0.2) is 5.78 Å². The number of anilines is 2. The zero-order valence-electron chi connectivity index (χ0n) is 16.4. The number of pyridine rings is 1. The Morgan fingerprint density at radius 1 is 0.966 bits per heavy atom. The molecule has 1 amide bonds. The highest BCUT2D eigenvalue weighted by Gasteiger charge is 2.08. The first-order chi connectivity index (χ1) is 14.0. The van der Waals surface area contributed by atoms with Gasteiger partial charge in [-0.2, -0.15) is 0 Å². The van der Waals surface area contributed by atoms with Gasteiger partial charge in [0.25, 0.3) is 5.91 Å². The maximum Gasteiger partial charge on any atom is 0.257 e. The summed E-state index contributed by atoms with van der Waals surface area (Å²) in [6.45, 7) is 2.21. The summed E-state index contributed by atoms with van der Waals surface area (Å²) in [7, 11) is 1.65. The Hall–Kier alpha value is -3.67. The second-order valence-electron chi connectivity index (χ2n) is 6.58. The minimum atomic E-state index is -0.260. The van der Waals surface area contributed by atoms with Gasteiger partial charge >= 0.3 is 0 Å². The Morgan fingerprint density at radius 2 is 1.76 bits per heavy atom. The molecule has 0 aliphatic carbocycles. The molecule has 0 atom stereocenters. The molecule has 0 aliphatic heterocycles. The number of rotatable bonds is 8. The van der Waals surface area contributed by atoms with E-state index >= 15 is 0 Å². The van der Waals surface area contributed by atoms with Crippen LogP contribution in [0.5, 0.6) is 5.75 Å². The van der Waals surface area contributed by atoms with Crippen LogP contribution in [0.25, 0.3) is 0 Å². The summed E-state index contributed by atoms with van der Waals surface area (Å²) in [4.78, 5) is 28.0. The Labute approximate surface area is 169 Å². The summed E-state index contributed by atoms with van der Waals surface area (Å²) >= 11 is 0. The lowest BCUT2D eigenvalue weighted by Crippen LogP contribution is -2.13. The van der Waals surface area contributed by atoms with Gasteiger partial charge in [-0.15, -0.1) is 0 Å². The van der Waals surface area contributed by atoms with Crippen LogP contribution >= 0.6 is 0 Å². The van der Waals surface area contributed by atoms with Crippen LogP contribution in [0.3, 0.4) is 0 Å². The number of ether oxygens (including phenoxy) is 1. The summed E-state index contributed by atoms with van der Waals surface area (Å²) in [6.07, 6.45) is 4.02. The molecule has 1 heterocycles. The molecule has 148 valence electrons. The van der Waals surface area contributed by atoms with Gasteiger partial charge in [-0.05, 0) is 61.4 Å². The summed E-state index contributed by atoms with van der Waals surface area (Å²) in [6, 6.07) is 16.5. The molecule has 0 radical (unpaired) electrons. The van der Waals surface area contributed by atoms with Crippen LogP contribution in [0.2, 0.25) is 0 Å². The molecule has 0 saturated heterocycles. The van der Waals surface area contributed by atoms with E-state index in [1.165, 1.54) is 13.1 Å². The zero-order chi connectivity index (χ0) is 20.6. The predicted molar refractivity (Wildman–Crippen MR) is 114 cm³/mol. The standard InChI is InChI=1S/C23H23N3O3/c1-16(27)18-6-8-20(9-7-18)26-23(28)19-13-21(15-24-14-19)25-11-10-17-4-3-5-22(12-17)29-2/h3-9,12-15,25H,10-11H2,1-2H3,(H,26,28). The first-order valence-electron chi connectivity index (χ1n) is 9.29. The molecule has 1 aromatic heterocycles. The third kappa shape index (κ3) is 5.65. The molecule has 3 rings (SSSR count). The van der Waals surface area contributed by atoms with Crippen LogP contribution in [0.1, 0.15) is 33.2 Å². The molecule has 0 saturated carbocycles. The monoisotopic (exact) mass is 389 g/mol. The SMILES string of the molecule is COc1cccc(CCNc2cncc(C(=O)Nc3ccc(C(C)=O)cc3)c2)c1. The van der Waals surface area contributed by atoms with Crippen LogP contribution in [0, 0.1) is 0 Å². The number of aromatic nitrogens is 1. The molecule has 0 unspecified atom stereocenters. The third-order valence-electron chi connectivity index (χ3n) is 4.43. The van der Waals surface area contributed by atoms with Crippen molar-refractivity contribution in [2.75, 3.05) is 24.3 Å².